The summed E-state index contributed by atoms with van der Waals surface area (Å²) in [5, 5.41) is 0. The second kappa shape index (κ2) is 5.33. The van der Waals surface area contributed by atoms with E-state index in [1.165, 1.54) is 14.2 Å². The van der Waals surface area contributed by atoms with Gasteiger partial charge in [-0.05, 0) is 12.1 Å². The molecule has 1 aromatic rings. The molecule has 0 bridgehead atoms. The zero-order chi connectivity index (χ0) is 11.4. The fraction of sp³-hybridized carbons (Fsp3) is 0.400. The normalized spacial score (nSPS) is 10.3. The Kier molecular flexibility index (Phi) is 4.36. The molecule has 84 valence electrons. The minimum atomic E-state index is -0.667. The lowest BCUT2D eigenvalue weighted by Gasteiger charge is -2.15. The standard InChI is InChI=1S/C10H12Cl2O3/c1-13-7-5-4-6(10(11)12)8(14-2)9(7)15-3/h4-5,10H,1-3H3. The maximum absolute atomic E-state index is 5.80. The van der Waals surface area contributed by atoms with Gasteiger partial charge in [-0.25, -0.2) is 0 Å². The first kappa shape index (κ1) is 12.3. The molecule has 0 aliphatic heterocycles. The lowest BCUT2D eigenvalue weighted by molar-refractivity contribution is 0.322. The van der Waals surface area contributed by atoms with Gasteiger partial charge in [-0.3, -0.25) is 0 Å². The predicted molar refractivity (Wildman–Crippen MR) is 60.5 cm³/mol. The zero-order valence-corrected chi connectivity index (χ0v) is 10.2. The second-order valence-electron chi connectivity index (χ2n) is 2.72. The minimum Gasteiger partial charge on any atom is -0.493 e. The van der Waals surface area contributed by atoms with Crippen LogP contribution < -0.4 is 14.2 Å². The van der Waals surface area contributed by atoms with E-state index in [2.05, 4.69) is 0 Å². The number of methoxy groups -OCH3 is 3. The highest BCUT2D eigenvalue weighted by Crippen LogP contribution is 2.44. The molecule has 0 atom stereocenters. The molecule has 0 unspecified atom stereocenters. The van der Waals surface area contributed by atoms with Gasteiger partial charge in [0.05, 0.1) is 21.3 Å². The van der Waals surface area contributed by atoms with Gasteiger partial charge in [0.15, 0.2) is 11.5 Å². The average Bonchev–Trinajstić information content (AvgIpc) is 2.26. The molecule has 0 aliphatic carbocycles. The largest absolute Gasteiger partial charge is 0.493 e. The Morgan fingerprint density at radius 3 is 1.93 bits per heavy atom. The van der Waals surface area contributed by atoms with E-state index in [0.717, 1.165) is 0 Å². The van der Waals surface area contributed by atoms with E-state index in [1.54, 1.807) is 19.2 Å². The molecule has 0 fully saturated rings. The van der Waals surface area contributed by atoms with Crippen molar-refractivity contribution in [1.82, 2.24) is 0 Å². The molecule has 3 nitrogen and oxygen atoms in total. The van der Waals surface area contributed by atoms with E-state index in [0.29, 0.717) is 22.8 Å². The number of ether oxygens (including phenoxy) is 3. The van der Waals surface area contributed by atoms with E-state index in [9.17, 15) is 0 Å². The molecule has 0 N–H and O–H groups in total. The Balaban J connectivity index is 3.34. The van der Waals surface area contributed by atoms with Crippen molar-refractivity contribution in [3.63, 3.8) is 0 Å². The number of rotatable bonds is 4. The van der Waals surface area contributed by atoms with Crippen LogP contribution in [0.15, 0.2) is 12.1 Å². The van der Waals surface area contributed by atoms with Gasteiger partial charge in [0.2, 0.25) is 5.75 Å². The Morgan fingerprint density at radius 1 is 0.933 bits per heavy atom. The number of hydrogen-bond acceptors (Lipinski definition) is 3. The van der Waals surface area contributed by atoms with E-state index in [4.69, 9.17) is 37.4 Å². The molecule has 5 heteroatoms. The van der Waals surface area contributed by atoms with Gasteiger partial charge in [-0.2, -0.15) is 0 Å². The highest BCUT2D eigenvalue weighted by Gasteiger charge is 2.19. The fourth-order valence-corrected chi connectivity index (χ4v) is 1.64. The number of benzene rings is 1. The Hall–Kier alpha value is -0.800. The van der Waals surface area contributed by atoms with Crippen molar-refractivity contribution < 1.29 is 14.2 Å². The lowest BCUT2D eigenvalue weighted by atomic mass is 10.2. The van der Waals surface area contributed by atoms with Crippen LogP contribution in [-0.2, 0) is 0 Å². The van der Waals surface area contributed by atoms with E-state index in [-0.39, 0.29) is 0 Å². The first-order chi connectivity index (χ1) is 7.15. The molecule has 1 aromatic carbocycles. The SMILES string of the molecule is COc1ccc(C(Cl)Cl)c(OC)c1OC. The summed E-state index contributed by atoms with van der Waals surface area (Å²) in [7, 11) is 4.61. The van der Waals surface area contributed by atoms with Crippen LogP contribution in [0.1, 0.15) is 10.4 Å². The van der Waals surface area contributed by atoms with Gasteiger partial charge in [-0.15, -0.1) is 0 Å². The van der Waals surface area contributed by atoms with E-state index >= 15 is 0 Å². The highest BCUT2D eigenvalue weighted by atomic mass is 35.5. The topological polar surface area (TPSA) is 27.7 Å². The molecule has 0 amide bonds. The highest BCUT2D eigenvalue weighted by molar-refractivity contribution is 6.44. The van der Waals surface area contributed by atoms with Crippen LogP contribution in [0, 0.1) is 0 Å². The van der Waals surface area contributed by atoms with Crippen LogP contribution in [0.2, 0.25) is 0 Å². The Bertz CT molecular complexity index is 340. The first-order valence-corrected chi connectivity index (χ1v) is 5.10. The van der Waals surface area contributed by atoms with Gasteiger partial charge < -0.3 is 14.2 Å². The van der Waals surface area contributed by atoms with Gasteiger partial charge in [0, 0.05) is 5.56 Å². The van der Waals surface area contributed by atoms with Crippen molar-refractivity contribution in [2.45, 2.75) is 4.84 Å². The molecule has 0 radical (unpaired) electrons. The third-order valence-electron chi connectivity index (χ3n) is 1.97. The van der Waals surface area contributed by atoms with Crippen molar-refractivity contribution in [2.75, 3.05) is 21.3 Å². The van der Waals surface area contributed by atoms with E-state index in [1.807, 2.05) is 0 Å². The molecule has 0 saturated heterocycles. The molecule has 0 saturated carbocycles. The van der Waals surface area contributed by atoms with Crippen molar-refractivity contribution in [3.8, 4) is 17.2 Å². The van der Waals surface area contributed by atoms with Gasteiger partial charge >= 0.3 is 0 Å². The number of hydrogen-bond donors (Lipinski definition) is 0. The monoisotopic (exact) mass is 250 g/mol. The van der Waals surface area contributed by atoms with Crippen molar-refractivity contribution in [3.05, 3.63) is 17.7 Å². The summed E-state index contributed by atoms with van der Waals surface area (Å²) in [5.41, 5.74) is 0.651. The summed E-state index contributed by atoms with van der Waals surface area (Å²) in [6.07, 6.45) is 0. The molecular formula is C10H12Cl2O3. The van der Waals surface area contributed by atoms with Crippen molar-refractivity contribution >= 4 is 23.2 Å². The summed E-state index contributed by atoms with van der Waals surface area (Å²) in [6.45, 7) is 0. The van der Waals surface area contributed by atoms with Gasteiger partial charge in [0.1, 0.15) is 4.84 Å². The number of halogens is 2. The molecule has 0 aliphatic rings. The lowest BCUT2D eigenvalue weighted by Crippen LogP contribution is -1.98. The number of alkyl halides is 2. The third kappa shape index (κ3) is 2.41. The molecule has 15 heavy (non-hydrogen) atoms. The Morgan fingerprint density at radius 2 is 1.53 bits per heavy atom. The Labute approximate surface area is 98.8 Å². The summed E-state index contributed by atoms with van der Waals surface area (Å²) in [4.78, 5) is -0.667. The third-order valence-corrected chi connectivity index (χ3v) is 2.44. The maximum atomic E-state index is 5.80. The first-order valence-electron chi connectivity index (χ1n) is 4.22. The van der Waals surface area contributed by atoms with Crippen LogP contribution in [0.3, 0.4) is 0 Å². The molecule has 0 aromatic heterocycles. The quantitative estimate of drug-likeness (QED) is 0.769. The smallest absolute Gasteiger partial charge is 0.203 e. The summed E-state index contributed by atoms with van der Waals surface area (Å²) < 4.78 is 15.5. The van der Waals surface area contributed by atoms with Crippen LogP contribution in [0.4, 0.5) is 0 Å². The predicted octanol–water partition coefficient (Wildman–Crippen LogP) is 3.19. The molecule has 1 rings (SSSR count). The molecule has 0 spiro atoms. The van der Waals surface area contributed by atoms with Gasteiger partial charge in [-0.1, -0.05) is 23.2 Å². The van der Waals surface area contributed by atoms with Crippen LogP contribution in [-0.4, -0.2) is 21.3 Å². The van der Waals surface area contributed by atoms with Crippen LogP contribution in [0.25, 0.3) is 0 Å². The fourth-order valence-electron chi connectivity index (χ4n) is 1.30. The summed E-state index contributed by atoms with van der Waals surface area (Å²) >= 11 is 11.6. The van der Waals surface area contributed by atoms with E-state index < -0.39 is 4.84 Å². The van der Waals surface area contributed by atoms with Crippen molar-refractivity contribution in [2.24, 2.45) is 0 Å². The average molecular weight is 251 g/mol. The molecule has 0 heterocycles. The van der Waals surface area contributed by atoms with Crippen LogP contribution in [0.5, 0.6) is 17.2 Å². The minimum absolute atomic E-state index is 0.490. The molecular weight excluding hydrogens is 239 g/mol. The zero-order valence-electron chi connectivity index (χ0n) is 8.71. The maximum Gasteiger partial charge on any atom is 0.203 e. The second-order valence-corrected chi connectivity index (χ2v) is 3.82. The van der Waals surface area contributed by atoms with Crippen molar-refractivity contribution in [1.29, 1.82) is 0 Å². The summed E-state index contributed by atoms with van der Waals surface area (Å²) in [5.74, 6) is 1.56. The van der Waals surface area contributed by atoms with Crippen LogP contribution >= 0.6 is 23.2 Å². The summed E-state index contributed by atoms with van der Waals surface area (Å²) in [6, 6.07) is 3.47. The van der Waals surface area contributed by atoms with Gasteiger partial charge in [0.25, 0.3) is 0 Å².